The molecule has 1 N–H and O–H groups in total. The summed E-state index contributed by atoms with van der Waals surface area (Å²) < 4.78 is 12.7. The van der Waals surface area contributed by atoms with Gasteiger partial charge in [0.05, 0.1) is 13.2 Å². The molecule has 0 aromatic heterocycles. The second-order valence-corrected chi connectivity index (χ2v) is 6.87. The van der Waals surface area contributed by atoms with Crippen LogP contribution in [0.2, 0.25) is 0 Å². The summed E-state index contributed by atoms with van der Waals surface area (Å²) >= 11 is 3.69. The molecule has 1 aromatic carbocycles. The molecule has 0 radical (unpaired) electrons. The minimum Gasteiger partial charge on any atom is -0.493 e. The third-order valence-corrected chi connectivity index (χ3v) is 5.22. The zero-order valence-electron chi connectivity index (χ0n) is 12.2. The lowest BCUT2D eigenvalue weighted by Gasteiger charge is -2.30. The van der Waals surface area contributed by atoms with Crippen LogP contribution in [-0.4, -0.2) is 19.8 Å². The lowest BCUT2D eigenvalue weighted by molar-refractivity contribution is 0.115. The summed E-state index contributed by atoms with van der Waals surface area (Å²) in [6, 6.07) is 4.19. The highest BCUT2D eigenvalue weighted by Crippen LogP contribution is 2.42. The Morgan fingerprint density at radius 2 is 2.05 bits per heavy atom. The molecule has 2 aliphatic rings. The molecule has 1 saturated carbocycles. The summed E-state index contributed by atoms with van der Waals surface area (Å²) in [5.74, 6) is 1.69. The largest absolute Gasteiger partial charge is 0.493 e. The Morgan fingerprint density at radius 1 is 1.25 bits per heavy atom. The molecule has 4 heteroatoms. The molecular formula is C16H22BrNO2. The van der Waals surface area contributed by atoms with Gasteiger partial charge in [-0.05, 0) is 63.3 Å². The van der Waals surface area contributed by atoms with E-state index < -0.39 is 0 Å². The van der Waals surface area contributed by atoms with Crippen molar-refractivity contribution in [2.45, 2.75) is 50.7 Å². The molecule has 0 spiro atoms. The Morgan fingerprint density at radius 3 is 2.60 bits per heavy atom. The molecular weight excluding hydrogens is 318 g/mol. The maximum absolute atomic E-state index is 6.10. The van der Waals surface area contributed by atoms with Gasteiger partial charge in [-0.3, -0.25) is 0 Å². The first kappa shape index (κ1) is 14.2. The second-order valence-electron chi connectivity index (χ2n) is 6.02. The summed E-state index contributed by atoms with van der Waals surface area (Å²) in [4.78, 5) is 0. The van der Waals surface area contributed by atoms with Gasteiger partial charge in [0.25, 0.3) is 0 Å². The number of hydrogen-bond acceptors (Lipinski definition) is 3. The Labute approximate surface area is 129 Å². The summed E-state index contributed by atoms with van der Waals surface area (Å²) in [5.41, 5.74) is 1.30. The molecule has 1 atom stereocenters. The van der Waals surface area contributed by atoms with Crippen molar-refractivity contribution in [3.05, 3.63) is 22.2 Å². The van der Waals surface area contributed by atoms with Crippen LogP contribution in [0.5, 0.6) is 11.5 Å². The normalized spacial score (nSPS) is 26.4. The van der Waals surface area contributed by atoms with E-state index in [0.29, 0.717) is 6.10 Å². The van der Waals surface area contributed by atoms with Gasteiger partial charge in [-0.15, -0.1) is 0 Å². The zero-order chi connectivity index (χ0) is 14.2. The molecule has 1 aliphatic carbocycles. The number of hydrogen-bond donors (Lipinski definition) is 1. The predicted octanol–water partition coefficient (Wildman–Crippen LogP) is 3.99. The van der Waals surface area contributed by atoms with Crippen LogP contribution in [0.25, 0.3) is 0 Å². The van der Waals surface area contributed by atoms with Crippen LogP contribution in [-0.2, 0) is 5.54 Å². The molecule has 3 rings (SSSR count). The number of nitrogens with one attached hydrogen (secondary N) is 1. The number of benzene rings is 1. The fourth-order valence-electron chi connectivity index (χ4n) is 3.00. The van der Waals surface area contributed by atoms with E-state index in [0.717, 1.165) is 41.8 Å². The second kappa shape index (κ2) is 5.57. The molecule has 1 heterocycles. The van der Waals surface area contributed by atoms with E-state index in [9.17, 15) is 0 Å². The standard InChI is InChI=1S/C16H22BrNO2/c1-16(7-4-8-18-16)12-9-15(20-11-5-3-6-11)14(19-2)10-13(12)17/h9-11,18H,3-8H2,1-2H3. The average Bonchev–Trinajstić information content (AvgIpc) is 2.82. The predicted molar refractivity (Wildman–Crippen MR) is 83.5 cm³/mol. The monoisotopic (exact) mass is 339 g/mol. The van der Waals surface area contributed by atoms with Gasteiger partial charge in [0.1, 0.15) is 0 Å². The highest BCUT2D eigenvalue weighted by molar-refractivity contribution is 9.10. The fourth-order valence-corrected chi connectivity index (χ4v) is 3.76. The zero-order valence-corrected chi connectivity index (χ0v) is 13.8. The third-order valence-electron chi connectivity index (χ3n) is 4.56. The molecule has 1 unspecified atom stereocenters. The summed E-state index contributed by atoms with van der Waals surface area (Å²) in [6.45, 7) is 3.34. The first-order valence-corrected chi connectivity index (χ1v) is 8.21. The fraction of sp³-hybridized carbons (Fsp3) is 0.625. The van der Waals surface area contributed by atoms with Crippen LogP contribution in [0, 0.1) is 0 Å². The Balaban J connectivity index is 1.95. The van der Waals surface area contributed by atoms with Crippen molar-refractivity contribution in [1.82, 2.24) is 5.32 Å². The van der Waals surface area contributed by atoms with Gasteiger partial charge in [-0.1, -0.05) is 15.9 Å². The number of rotatable bonds is 4. The van der Waals surface area contributed by atoms with E-state index in [1.807, 2.05) is 6.07 Å². The molecule has 0 bridgehead atoms. The topological polar surface area (TPSA) is 30.5 Å². The summed E-state index contributed by atoms with van der Waals surface area (Å²) in [5, 5.41) is 3.61. The van der Waals surface area contributed by atoms with Crippen LogP contribution in [0.4, 0.5) is 0 Å². The van der Waals surface area contributed by atoms with Gasteiger partial charge in [0.2, 0.25) is 0 Å². The van der Waals surface area contributed by atoms with Crippen molar-refractivity contribution in [3.63, 3.8) is 0 Å². The minimum absolute atomic E-state index is 0.0306. The van der Waals surface area contributed by atoms with Crippen molar-refractivity contribution < 1.29 is 9.47 Å². The molecule has 1 aromatic rings. The molecule has 2 fully saturated rings. The molecule has 20 heavy (non-hydrogen) atoms. The third kappa shape index (κ3) is 2.56. The Kier molecular flexibility index (Phi) is 3.95. The van der Waals surface area contributed by atoms with E-state index in [2.05, 4.69) is 34.2 Å². The molecule has 1 aliphatic heterocycles. The minimum atomic E-state index is 0.0306. The van der Waals surface area contributed by atoms with Gasteiger partial charge in [-0.25, -0.2) is 0 Å². The van der Waals surface area contributed by atoms with Crippen LogP contribution in [0.15, 0.2) is 16.6 Å². The number of halogens is 1. The molecule has 3 nitrogen and oxygen atoms in total. The van der Waals surface area contributed by atoms with E-state index in [-0.39, 0.29) is 5.54 Å². The lowest BCUT2D eigenvalue weighted by atomic mass is 9.90. The summed E-state index contributed by atoms with van der Waals surface area (Å²) in [7, 11) is 1.70. The number of ether oxygens (including phenoxy) is 2. The van der Waals surface area contributed by atoms with Crippen molar-refractivity contribution in [3.8, 4) is 11.5 Å². The first-order chi connectivity index (χ1) is 9.62. The van der Waals surface area contributed by atoms with Crippen molar-refractivity contribution in [2.24, 2.45) is 0 Å². The van der Waals surface area contributed by atoms with Crippen molar-refractivity contribution >= 4 is 15.9 Å². The highest BCUT2D eigenvalue weighted by atomic mass is 79.9. The van der Waals surface area contributed by atoms with Gasteiger partial charge < -0.3 is 14.8 Å². The van der Waals surface area contributed by atoms with Crippen LogP contribution >= 0.6 is 15.9 Å². The Hall–Kier alpha value is -0.740. The molecule has 110 valence electrons. The highest BCUT2D eigenvalue weighted by Gasteiger charge is 2.33. The smallest absolute Gasteiger partial charge is 0.161 e. The Bertz CT molecular complexity index is 493. The first-order valence-electron chi connectivity index (χ1n) is 7.42. The van der Waals surface area contributed by atoms with Crippen LogP contribution in [0.3, 0.4) is 0 Å². The van der Waals surface area contributed by atoms with Gasteiger partial charge >= 0.3 is 0 Å². The SMILES string of the molecule is COc1cc(Br)c(C2(C)CCCN2)cc1OC1CCC1. The van der Waals surface area contributed by atoms with Gasteiger partial charge in [-0.2, -0.15) is 0 Å². The van der Waals surface area contributed by atoms with Crippen molar-refractivity contribution in [2.75, 3.05) is 13.7 Å². The molecule has 1 saturated heterocycles. The average molecular weight is 340 g/mol. The van der Waals surface area contributed by atoms with Gasteiger partial charge in [0, 0.05) is 10.0 Å². The van der Waals surface area contributed by atoms with E-state index >= 15 is 0 Å². The van der Waals surface area contributed by atoms with Crippen LogP contribution < -0.4 is 14.8 Å². The van der Waals surface area contributed by atoms with Gasteiger partial charge in [0.15, 0.2) is 11.5 Å². The summed E-state index contributed by atoms with van der Waals surface area (Å²) in [6.07, 6.45) is 6.32. The van der Waals surface area contributed by atoms with Crippen LogP contribution in [0.1, 0.15) is 44.6 Å². The lowest BCUT2D eigenvalue weighted by Crippen LogP contribution is -2.33. The van der Waals surface area contributed by atoms with Crippen molar-refractivity contribution in [1.29, 1.82) is 0 Å². The number of methoxy groups -OCH3 is 1. The quantitative estimate of drug-likeness (QED) is 0.899. The van der Waals surface area contributed by atoms with E-state index in [1.54, 1.807) is 7.11 Å². The molecule has 0 amide bonds. The van der Waals surface area contributed by atoms with E-state index in [4.69, 9.17) is 9.47 Å². The van der Waals surface area contributed by atoms with E-state index in [1.165, 1.54) is 18.4 Å². The maximum atomic E-state index is 6.10. The maximum Gasteiger partial charge on any atom is 0.161 e.